The Balaban J connectivity index is 2.35. The van der Waals surface area contributed by atoms with Crippen molar-refractivity contribution in [2.75, 3.05) is 19.1 Å². The molecule has 0 unspecified atom stereocenters. The van der Waals surface area contributed by atoms with Gasteiger partial charge in [0.2, 0.25) is 0 Å². The van der Waals surface area contributed by atoms with E-state index in [0.29, 0.717) is 10.6 Å². The third-order valence-electron chi connectivity index (χ3n) is 3.16. The highest BCUT2D eigenvalue weighted by molar-refractivity contribution is 6.34. The molecule has 0 amide bonds. The lowest BCUT2D eigenvalue weighted by Gasteiger charge is -2.21. The molecular weight excluding hydrogens is 290 g/mol. The second kappa shape index (κ2) is 6.37. The van der Waals surface area contributed by atoms with Crippen molar-refractivity contribution in [3.63, 3.8) is 0 Å². The van der Waals surface area contributed by atoms with Crippen LogP contribution in [-0.4, -0.2) is 25.2 Å². The van der Waals surface area contributed by atoms with Gasteiger partial charge in [-0.25, -0.2) is 0 Å². The minimum absolute atomic E-state index is 0.0180. The Morgan fingerprint density at radius 1 is 1.24 bits per heavy atom. The lowest BCUT2D eigenvalue weighted by atomic mass is 10.1. The van der Waals surface area contributed by atoms with Crippen LogP contribution in [0.3, 0.4) is 0 Å². The predicted molar refractivity (Wildman–Crippen MR) is 85.0 cm³/mol. The molecule has 5 nitrogen and oxygen atoms in total. The zero-order valence-corrected chi connectivity index (χ0v) is 12.5. The Labute approximate surface area is 128 Å². The highest BCUT2D eigenvalue weighted by Crippen LogP contribution is 2.29. The number of ether oxygens (including phenoxy) is 1. The molecule has 0 aliphatic heterocycles. The average molecular weight is 306 g/mol. The van der Waals surface area contributed by atoms with Gasteiger partial charge in [0, 0.05) is 30.1 Å². The molecular formula is C15H16ClN3O2. The third-order valence-corrected chi connectivity index (χ3v) is 3.48. The number of methoxy groups -OCH3 is 1. The van der Waals surface area contributed by atoms with Crippen LogP contribution >= 0.6 is 11.6 Å². The molecule has 0 fully saturated rings. The molecule has 110 valence electrons. The van der Waals surface area contributed by atoms with Crippen molar-refractivity contribution in [1.29, 1.82) is 0 Å². The first kappa shape index (κ1) is 15.0. The molecule has 21 heavy (non-hydrogen) atoms. The van der Waals surface area contributed by atoms with Crippen LogP contribution in [0.25, 0.3) is 0 Å². The van der Waals surface area contributed by atoms with E-state index in [2.05, 4.69) is 5.16 Å². The Kier molecular flexibility index (Phi) is 4.55. The third kappa shape index (κ3) is 3.20. The lowest BCUT2D eigenvalue weighted by molar-refractivity contribution is 0.318. The smallest absolute Gasteiger partial charge is 0.171 e. The minimum atomic E-state index is -0.0180. The zero-order chi connectivity index (χ0) is 15.4. The summed E-state index contributed by atoms with van der Waals surface area (Å²) in [5, 5.41) is 12.1. The number of anilines is 2. The number of hydrogen-bond acceptors (Lipinski definition) is 4. The molecule has 0 aliphatic rings. The predicted octanol–water partition coefficient (Wildman–Crippen LogP) is 3.21. The average Bonchev–Trinajstić information content (AvgIpc) is 2.53. The van der Waals surface area contributed by atoms with E-state index in [1.54, 1.807) is 19.2 Å². The Bertz CT molecular complexity index is 674. The molecule has 2 rings (SSSR count). The molecule has 2 aromatic carbocycles. The molecule has 6 heteroatoms. The van der Waals surface area contributed by atoms with Crippen molar-refractivity contribution in [3.8, 4) is 5.75 Å². The van der Waals surface area contributed by atoms with Crippen LogP contribution in [0.5, 0.6) is 5.75 Å². The maximum Gasteiger partial charge on any atom is 0.171 e. The second-order valence-electron chi connectivity index (χ2n) is 4.41. The molecule has 0 atom stereocenters. The molecule has 3 N–H and O–H groups in total. The summed E-state index contributed by atoms with van der Waals surface area (Å²) in [5.41, 5.74) is 7.88. The fourth-order valence-electron chi connectivity index (χ4n) is 1.94. The van der Waals surface area contributed by atoms with Gasteiger partial charge in [0.05, 0.1) is 12.1 Å². The summed E-state index contributed by atoms with van der Waals surface area (Å²) in [6, 6.07) is 13.0. The van der Waals surface area contributed by atoms with Crippen molar-refractivity contribution in [2.24, 2.45) is 10.9 Å². The molecule has 0 aliphatic carbocycles. The summed E-state index contributed by atoms with van der Waals surface area (Å²) in [5.74, 6) is 0.759. The van der Waals surface area contributed by atoms with Gasteiger partial charge < -0.3 is 20.6 Å². The number of benzene rings is 2. The summed E-state index contributed by atoms with van der Waals surface area (Å²) >= 11 is 6.17. The number of nitrogens with two attached hydrogens (primary N) is 1. The van der Waals surface area contributed by atoms with Crippen molar-refractivity contribution < 1.29 is 9.94 Å². The van der Waals surface area contributed by atoms with Crippen LogP contribution in [-0.2, 0) is 0 Å². The van der Waals surface area contributed by atoms with E-state index in [0.717, 1.165) is 17.1 Å². The van der Waals surface area contributed by atoms with Gasteiger partial charge in [0.1, 0.15) is 5.75 Å². The van der Waals surface area contributed by atoms with Crippen LogP contribution in [0.2, 0.25) is 5.02 Å². The van der Waals surface area contributed by atoms with Gasteiger partial charge in [-0.05, 0) is 30.3 Å². The highest BCUT2D eigenvalue weighted by atomic mass is 35.5. The maximum atomic E-state index is 8.71. The second-order valence-corrected chi connectivity index (χ2v) is 4.82. The molecule has 0 radical (unpaired) electrons. The fourth-order valence-corrected chi connectivity index (χ4v) is 2.21. The van der Waals surface area contributed by atoms with Gasteiger partial charge in [-0.3, -0.25) is 0 Å². The number of nitrogens with zero attached hydrogens (tertiary/aromatic N) is 2. The number of oxime groups is 1. The standard InChI is InChI=1S/C15H16ClN3O2/c1-19(10-4-3-5-12(8-10)21-2)11-6-7-13(14(16)9-11)15(17)18-20/h3-9,20H,1-2H3,(H2,17,18). The largest absolute Gasteiger partial charge is 0.497 e. The monoisotopic (exact) mass is 305 g/mol. The van der Waals surface area contributed by atoms with Gasteiger partial charge in [0.25, 0.3) is 0 Å². The number of rotatable bonds is 4. The topological polar surface area (TPSA) is 71.1 Å². The van der Waals surface area contributed by atoms with Gasteiger partial charge in [-0.1, -0.05) is 22.8 Å². The van der Waals surface area contributed by atoms with Crippen LogP contribution < -0.4 is 15.4 Å². The first-order valence-corrected chi connectivity index (χ1v) is 6.60. The van der Waals surface area contributed by atoms with Gasteiger partial charge >= 0.3 is 0 Å². The SMILES string of the molecule is COc1cccc(N(C)c2ccc(C(N)=NO)c(Cl)c2)c1. The quantitative estimate of drug-likeness (QED) is 0.394. The highest BCUT2D eigenvalue weighted by Gasteiger charge is 2.10. The van der Waals surface area contributed by atoms with Crippen molar-refractivity contribution in [1.82, 2.24) is 0 Å². The molecule has 0 heterocycles. The van der Waals surface area contributed by atoms with Crippen LogP contribution in [0, 0.1) is 0 Å². The molecule has 0 saturated heterocycles. The summed E-state index contributed by atoms with van der Waals surface area (Å²) in [4.78, 5) is 1.96. The van der Waals surface area contributed by atoms with Gasteiger partial charge in [0.15, 0.2) is 5.84 Å². The summed E-state index contributed by atoms with van der Waals surface area (Å²) in [6.45, 7) is 0. The molecule has 2 aromatic rings. The maximum absolute atomic E-state index is 8.71. The first-order valence-electron chi connectivity index (χ1n) is 6.22. The molecule has 0 aromatic heterocycles. The Morgan fingerprint density at radius 3 is 2.57 bits per heavy atom. The molecule has 0 spiro atoms. The van der Waals surface area contributed by atoms with E-state index in [1.807, 2.05) is 42.3 Å². The van der Waals surface area contributed by atoms with Crippen molar-refractivity contribution >= 4 is 28.8 Å². The normalized spacial score (nSPS) is 11.3. The summed E-state index contributed by atoms with van der Waals surface area (Å²) < 4.78 is 5.22. The van der Waals surface area contributed by atoms with E-state index in [-0.39, 0.29) is 5.84 Å². The van der Waals surface area contributed by atoms with E-state index in [1.165, 1.54) is 0 Å². The van der Waals surface area contributed by atoms with Crippen LogP contribution in [0.15, 0.2) is 47.6 Å². The number of hydrogen-bond donors (Lipinski definition) is 2. The van der Waals surface area contributed by atoms with E-state index in [4.69, 9.17) is 27.3 Å². The summed E-state index contributed by atoms with van der Waals surface area (Å²) in [6.07, 6.45) is 0. The molecule has 0 bridgehead atoms. The number of halogens is 1. The van der Waals surface area contributed by atoms with E-state index < -0.39 is 0 Å². The number of amidine groups is 1. The lowest BCUT2D eigenvalue weighted by Crippen LogP contribution is -2.15. The van der Waals surface area contributed by atoms with Crippen LogP contribution in [0.4, 0.5) is 11.4 Å². The van der Waals surface area contributed by atoms with Crippen molar-refractivity contribution in [2.45, 2.75) is 0 Å². The molecule has 0 saturated carbocycles. The zero-order valence-electron chi connectivity index (χ0n) is 11.7. The summed E-state index contributed by atoms with van der Waals surface area (Å²) in [7, 11) is 3.55. The minimum Gasteiger partial charge on any atom is -0.497 e. The first-order chi connectivity index (χ1) is 10.1. The van der Waals surface area contributed by atoms with Gasteiger partial charge in [-0.15, -0.1) is 0 Å². The fraction of sp³-hybridized carbons (Fsp3) is 0.133. The van der Waals surface area contributed by atoms with Gasteiger partial charge in [-0.2, -0.15) is 0 Å². The van der Waals surface area contributed by atoms with Crippen LogP contribution in [0.1, 0.15) is 5.56 Å². The van der Waals surface area contributed by atoms with E-state index >= 15 is 0 Å². The Hall–Kier alpha value is -2.40. The van der Waals surface area contributed by atoms with E-state index in [9.17, 15) is 0 Å². The Morgan fingerprint density at radius 2 is 1.95 bits per heavy atom. The van der Waals surface area contributed by atoms with Crippen molar-refractivity contribution in [3.05, 3.63) is 53.1 Å².